The molecule has 2 aromatic carbocycles. The summed E-state index contributed by atoms with van der Waals surface area (Å²) in [5.41, 5.74) is 4.61. The van der Waals surface area contributed by atoms with Crippen LogP contribution >= 0.6 is 0 Å². The quantitative estimate of drug-likeness (QED) is 0.572. The number of rotatable bonds is 3. The topological polar surface area (TPSA) is 80.2 Å². The lowest BCUT2D eigenvalue weighted by molar-refractivity contribution is -0.384. The minimum absolute atomic E-state index is 0.00736. The summed E-state index contributed by atoms with van der Waals surface area (Å²) in [6.45, 7) is 0.860. The smallest absolute Gasteiger partial charge is 0.269 e. The van der Waals surface area contributed by atoms with Gasteiger partial charge in [-0.05, 0) is 35.7 Å². The summed E-state index contributed by atoms with van der Waals surface area (Å²) < 4.78 is 5.34. The summed E-state index contributed by atoms with van der Waals surface area (Å²) in [6, 6.07) is 12.8. The molecule has 0 aliphatic carbocycles. The maximum absolute atomic E-state index is 10.8. The van der Waals surface area contributed by atoms with Crippen LogP contribution in [0.5, 0.6) is 5.75 Å². The summed E-state index contributed by atoms with van der Waals surface area (Å²) >= 11 is 0. The number of benzene rings is 2. The van der Waals surface area contributed by atoms with Crippen molar-refractivity contribution in [2.45, 2.75) is 12.5 Å². The molecular formula is C18H17N3O3. The Labute approximate surface area is 138 Å². The predicted octanol–water partition coefficient (Wildman–Crippen LogP) is 3.32. The van der Waals surface area contributed by atoms with Crippen LogP contribution in [0.4, 0.5) is 5.69 Å². The zero-order chi connectivity index (χ0) is 16.7. The summed E-state index contributed by atoms with van der Waals surface area (Å²) in [7, 11) is 1.67. The molecule has 122 valence electrons. The Morgan fingerprint density at radius 3 is 2.71 bits per heavy atom. The second-order valence-corrected chi connectivity index (χ2v) is 5.91. The minimum Gasteiger partial charge on any atom is -0.497 e. The van der Waals surface area contributed by atoms with Gasteiger partial charge in [-0.15, -0.1) is 0 Å². The number of ether oxygens (including phenoxy) is 1. The fourth-order valence-electron chi connectivity index (χ4n) is 3.41. The van der Waals surface area contributed by atoms with Crippen LogP contribution in [0.25, 0.3) is 10.9 Å². The molecule has 0 amide bonds. The van der Waals surface area contributed by atoms with Crippen LogP contribution in [-0.4, -0.2) is 23.6 Å². The van der Waals surface area contributed by atoms with Crippen molar-refractivity contribution in [2.75, 3.05) is 13.7 Å². The van der Waals surface area contributed by atoms with Crippen molar-refractivity contribution in [1.29, 1.82) is 0 Å². The monoisotopic (exact) mass is 323 g/mol. The van der Waals surface area contributed by atoms with E-state index in [4.69, 9.17) is 4.74 Å². The highest BCUT2D eigenvalue weighted by molar-refractivity contribution is 5.86. The van der Waals surface area contributed by atoms with Crippen molar-refractivity contribution < 1.29 is 9.66 Å². The Morgan fingerprint density at radius 1 is 1.21 bits per heavy atom. The SMILES string of the molecule is COc1ccc2[nH]c3c(c2c1)CCN[C@H]3c1ccc([N+](=O)[O-])cc1. The van der Waals surface area contributed by atoms with E-state index in [1.54, 1.807) is 19.2 Å². The van der Waals surface area contributed by atoms with Gasteiger partial charge < -0.3 is 15.0 Å². The number of nitro groups is 1. The lowest BCUT2D eigenvalue weighted by Gasteiger charge is -2.24. The Kier molecular flexibility index (Phi) is 3.46. The molecule has 0 spiro atoms. The van der Waals surface area contributed by atoms with Crippen molar-refractivity contribution >= 4 is 16.6 Å². The van der Waals surface area contributed by atoms with E-state index in [0.29, 0.717) is 0 Å². The maximum atomic E-state index is 10.8. The number of nitrogens with one attached hydrogen (secondary N) is 2. The summed E-state index contributed by atoms with van der Waals surface area (Å²) in [5, 5.41) is 15.5. The van der Waals surface area contributed by atoms with Crippen LogP contribution < -0.4 is 10.1 Å². The average Bonchev–Trinajstić information content (AvgIpc) is 2.99. The molecule has 0 bridgehead atoms. The predicted molar refractivity (Wildman–Crippen MR) is 91.5 cm³/mol. The number of nitro benzene ring substituents is 1. The number of nitrogens with zero attached hydrogens (tertiary/aromatic N) is 1. The molecule has 1 aliphatic rings. The molecular weight excluding hydrogens is 306 g/mol. The second-order valence-electron chi connectivity index (χ2n) is 5.91. The molecule has 2 heterocycles. The lowest BCUT2D eigenvalue weighted by Crippen LogP contribution is -2.30. The number of fused-ring (bicyclic) bond motifs is 3. The number of non-ortho nitro benzene ring substituents is 1. The first-order valence-corrected chi connectivity index (χ1v) is 7.83. The Balaban J connectivity index is 1.79. The van der Waals surface area contributed by atoms with Crippen LogP contribution in [0.15, 0.2) is 42.5 Å². The van der Waals surface area contributed by atoms with Gasteiger partial charge in [0, 0.05) is 35.3 Å². The highest BCUT2D eigenvalue weighted by Gasteiger charge is 2.25. The first-order chi connectivity index (χ1) is 11.7. The molecule has 0 radical (unpaired) electrons. The normalized spacial score (nSPS) is 16.8. The van der Waals surface area contributed by atoms with Crippen molar-refractivity contribution in [3.63, 3.8) is 0 Å². The standard InChI is InChI=1S/C18H17N3O3/c1-24-13-6-7-16-15(10-13)14-8-9-19-17(18(14)20-16)11-2-4-12(5-3-11)21(22)23/h2-7,10,17,19-20H,8-9H2,1H3/t17-/m0/s1. The number of hydrogen-bond acceptors (Lipinski definition) is 4. The Hall–Kier alpha value is -2.86. The van der Waals surface area contributed by atoms with E-state index >= 15 is 0 Å². The van der Waals surface area contributed by atoms with E-state index in [2.05, 4.69) is 16.4 Å². The fourth-order valence-corrected chi connectivity index (χ4v) is 3.41. The van der Waals surface area contributed by atoms with E-state index in [9.17, 15) is 10.1 Å². The number of methoxy groups -OCH3 is 1. The summed E-state index contributed by atoms with van der Waals surface area (Å²) in [4.78, 5) is 14.0. The third-order valence-electron chi connectivity index (χ3n) is 4.60. The first kappa shape index (κ1) is 14.7. The van der Waals surface area contributed by atoms with E-state index in [1.165, 1.54) is 10.9 Å². The van der Waals surface area contributed by atoms with Gasteiger partial charge in [0.15, 0.2) is 0 Å². The Bertz CT molecular complexity index is 915. The van der Waals surface area contributed by atoms with Crippen LogP contribution in [0.2, 0.25) is 0 Å². The number of H-pyrrole nitrogens is 1. The molecule has 1 aliphatic heterocycles. The van der Waals surface area contributed by atoms with E-state index in [1.807, 2.05) is 24.3 Å². The van der Waals surface area contributed by atoms with Gasteiger partial charge in [-0.2, -0.15) is 0 Å². The molecule has 4 rings (SSSR count). The van der Waals surface area contributed by atoms with Crippen LogP contribution in [0.3, 0.4) is 0 Å². The molecule has 0 saturated carbocycles. The van der Waals surface area contributed by atoms with Crippen molar-refractivity contribution in [3.05, 3.63) is 69.4 Å². The van der Waals surface area contributed by atoms with E-state index in [0.717, 1.165) is 35.5 Å². The number of hydrogen-bond donors (Lipinski definition) is 2. The molecule has 1 atom stereocenters. The van der Waals surface area contributed by atoms with Gasteiger partial charge >= 0.3 is 0 Å². The van der Waals surface area contributed by atoms with Gasteiger partial charge in [0.1, 0.15) is 5.75 Å². The minimum atomic E-state index is -0.376. The largest absolute Gasteiger partial charge is 0.497 e. The van der Waals surface area contributed by atoms with Gasteiger partial charge in [-0.25, -0.2) is 0 Å². The van der Waals surface area contributed by atoms with Crippen molar-refractivity contribution in [3.8, 4) is 5.75 Å². The van der Waals surface area contributed by atoms with Gasteiger partial charge in [0.2, 0.25) is 0 Å². The summed E-state index contributed by atoms with van der Waals surface area (Å²) in [6.07, 6.45) is 0.936. The second kappa shape index (κ2) is 5.65. The van der Waals surface area contributed by atoms with Crippen LogP contribution in [-0.2, 0) is 6.42 Å². The molecule has 0 saturated heterocycles. The van der Waals surface area contributed by atoms with Crippen LogP contribution in [0, 0.1) is 10.1 Å². The van der Waals surface area contributed by atoms with Crippen molar-refractivity contribution in [2.24, 2.45) is 0 Å². The molecule has 6 heteroatoms. The molecule has 3 aromatic rings. The lowest BCUT2D eigenvalue weighted by atomic mass is 9.94. The first-order valence-electron chi connectivity index (χ1n) is 7.83. The van der Waals surface area contributed by atoms with Gasteiger partial charge in [-0.1, -0.05) is 12.1 Å². The molecule has 24 heavy (non-hydrogen) atoms. The maximum Gasteiger partial charge on any atom is 0.269 e. The average molecular weight is 323 g/mol. The Morgan fingerprint density at radius 2 is 2.00 bits per heavy atom. The highest BCUT2D eigenvalue weighted by atomic mass is 16.6. The highest BCUT2D eigenvalue weighted by Crippen LogP contribution is 2.35. The van der Waals surface area contributed by atoms with Gasteiger partial charge in [0.25, 0.3) is 5.69 Å². The van der Waals surface area contributed by atoms with Gasteiger partial charge in [-0.3, -0.25) is 10.1 Å². The molecule has 0 unspecified atom stereocenters. The summed E-state index contributed by atoms with van der Waals surface area (Å²) in [5.74, 6) is 0.842. The molecule has 6 nitrogen and oxygen atoms in total. The van der Waals surface area contributed by atoms with Crippen molar-refractivity contribution in [1.82, 2.24) is 10.3 Å². The molecule has 2 N–H and O–H groups in total. The van der Waals surface area contributed by atoms with Crippen LogP contribution in [0.1, 0.15) is 22.9 Å². The van der Waals surface area contributed by atoms with E-state index in [-0.39, 0.29) is 16.7 Å². The zero-order valence-electron chi connectivity index (χ0n) is 13.2. The van der Waals surface area contributed by atoms with Gasteiger partial charge in [0.05, 0.1) is 18.1 Å². The molecule has 0 fully saturated rings. The third-order valence-corrected chi connectivity index (χ3v) is 4.60. The number of aromatic nitrogens is 1. The number of aromatic amines is 1. The van der Waals surface area contributed by atoms with E-state index < -0.39 is 0 Å². The molecule has 1 aromatic heterocycles. The zero-order valence-corrected chi connectivity index (χ0v) is 13.2. The fraction of sp³-hybridized carbons (Fsp3) is 0.222. The third kappa shape index (κ3) is 2.32.